The van der Waals surface area contributed by atoms with Crippen LogP contribution in [0.1, 0.15) is 30.9 Å². The minimum Gasteiger partial charge on any atom is -0.481 e. The molecule has 0 bridgehead atoms. The van der Waals surface area contributed by atoms with Gasteiger partial charge in [-0.2, -0.15) is 0 Å². The topological polar surface area (TPSA) is 70.5 Å². The molecular formula is C22H22Cl2N2O3. The fourth-order valence-electron chi connectivity index (χ4n) is 3.61. The lowest BCUT2D eigenvalue weighted by Crippen LogP contribution is -2.41. The van der Waals surface area contributed by atoms with Crippen molar-refractivity contribution in [2.75, 3.05) is 0 Å². The molecule has 0 radical (unpaired) electrons. The van der Waals surface area contributed by atoms with Gasteiger partial charge in [0.1, 0.15) is 0 Å². The van der Waals surface area contributed by atoms with Crippen molar-refractivity contribution < 1.29 is 14.7 Å². The summed E-state index contributed by atoms with van der Waals surface area (Å²) in [7, 11) is 0. The van der Waals surface area contributed by atoms with E-state index in [2.05, 4.69) is 4.98 Å². The monoisotopic (exact) mass is 432 g/mol. The van der Waals surface area contributed by atoms with Crippen molar-refractivity contribution in [2.24, 2.45) is 11.8 Å². The molecule has 0 saturated carbocycles. The number of carbonyl (C=O) groups is 2. The third-order valence-electron chi connectivity index (χ3n) is 5.17. The van der Waals surface area contributed by atoms with E-state index in [-0.39, 0.29) is 12.5 Å². The Labute approximate surface area is 180 Å². The Morgan fingerprint density at radius 3 is 2.66 bits per heavy atom. The predicted molar refractivity (Wildman–Crippen MR) is 113 cm³/mol. The second-order valence-corrected chi connectivity index (χ2v) is 8.18. The molecule has 0 aliphatic heterocycles. The molecule has 1 heterocycles. The van der Waals surface area contributed by atoms with Crippen molar-refractivity contribution in [3.63, 3.8) is 0 Å². The quantitative estimate of drug-likeness (QED) is 0.653. The normalized spacial score (nSPS) is 18.8. The molecule has 152 valence electrons. The number of aliphatic carboxylic acids is 1. The fourth-order valence-corrected chi connectivity index (χ4v) is 4.08. The summed E-state index contributed by atoms with van der Waals surface area (Å²) >= 11 is 12.3. The molecule has 1 aliphatic rings. The molecule has 3 rings (SSSR count). The summed E-state index contributed by atoms with van der Waals surface area (Å²) < 4.78 is 0. The van der Waals surface area contributed by atoms with E-state index in [1.165, 1.54) is 0 Å². The number of aromatic nitrogens is 1. The van der Waals surface area contributed by atoms with Crippen molar-refractivity contribution in [2.45, 2.75) is 32.9 Å². The molecule has 1 aromatic carbocycles. The van der Waals surface area contributed by atoms with Crippen LogP contribution in [0.2, 0.25) is 10.0 Å². The van der Waals surface area contributed by atoms with Crippen molar-refractivity contribution >= 4 is 35.1 Å². The third-order valence-corrected chi connectivity index (χ3v) is 5.75. The molecule has 2 atom stereocenters. The molecule has 5 nitrogen and oxygen atoms in total. The molecule has 2 aromatic rings. The number of nitrogens with zero attached hydrogens (tertiary/aromatic N) is 2. The number of halogens is 2. The molecule has 1 aromatic heterocycles. The van der Waals surface area contributed by atoms with Crippen molar-refractivity contribution in [3.05, 3.63) is 75.5 Å². The second kappa shape index (κ2) is 9.42. The minimum absolute atomic E-state index is 0.198. The number of carboxylic acid groups (broad SMARTS) is 1. The first-order valence-corrected chi connectivity index (χ1v) is 10.1. The number of hydrogen-bond acceptors (Lipinski definition) is 3. The zero-order valence-corrected chi connectivity index (χ0v) is 17.5. The summed E-state index contributed by atoms with van der Waals surface area (Å²) in [6, 6.07) is 8.84. The van der Waals surface area contributed by atoms with Crippen molar-refractivity contribution in [3.8, 4) is 0 Å². The van der Waals surface area contributed by atoms with Crippen LogP contribution in [0.3, 0.4) is 0 Å². The van der Waals surface area contributed by atoms with E-state index >= 15 is 0 Å². The van der Waals surface area contributed by atoms with Gasteiger partial charge in [-0.05, 0) is 49.1 Å². The van der Waals surface area contributed by atoms with Gasteiger partial charge in [0.05, 0.1) is 11.8 Å². The number of carboxylic acids is 1. The number of hydrogen-bond donors (Lipinski definition) is 1. The van der Waals surface area contributed by atoms with Crippen molar-refractivity contribution in [1.82, 2.24) is 9.88 Å². The number of pyridine rings is 1. The molecule has 0 unspecified atom stereocenters. The van der Waals surface area contributed by atoms with Gasteiger partial charge in [-0.3, -0.25) is 14.6 Å². The van der Waals surface area contributed by atoms with Crippen LogP contribution in [0.25, 0.3) is 0 Å². The van der Waals surface area contributed by atoms with Crippen LogP contribution in [-0.2, 0) is 22.7 Å². The maximum absolute atomic E-state index is 13.5. The summed E-state index contributed by atoms with van der Waals surface area (Å²) in [6.45, 7) is 2.48. The number of benzene rings is 1. The number of allylic oxidation sites excluding steroid dienone is 2. The first kappa shape index (κ1) is 21.3. The Morgan fingerprint density at radius 2 is 2.00 bits per heavy atom. The van der Waals surface area contributed by atoms with Crippen LogP contribution in [0.15, 0.2) is 54.4 Å². The Kier molecular flexibility index (Phi) is 6.93. The maximum Gasteiger partial charge on any atom is 0.307 e. The van der Waals surface area contributed by atoms with Gasteiger partial charge in [-0.25, -0.2) is 0 Å². The minimum atomic E-state index is -0.943. The molecule has 1 N–H and O–H groups in total. The van der Waals surface area contributed by atoms with E-state index in [0.717, 1.165) is 16.7 Å². The van der Waals surface area contributed by atoms with Crippen LogP contribution in [0, 0.1) is 11.8 Å². The van der Waals surface area contributed by atoms with Gasteiger partial charge in [0.25, 0.3) is 0 Å². The number of rotatable bonds is 6. The smallest absolute Gasteiger partial charge is 0.307 e. The van der Waals surface area contributed by atoms with Gasteiger partial charge in [-0.15, -0.1) is 0 Å². The van der Waals surface area contributed by atoms with Crippen LogP contribution >= 0.6 is 23.2 Å². The molecule has 0 fully saturated rings. The van der Waals surface area contributed by atoms with Crippen LogP contribution < -0.4 is 0 Å². The van der Waals surface area contributed by atoms with E-state index in [0.29, 0.717) is 29.4 Å². The lowest BCUT2D eigenvalue weighted by molar-refractivity contribution is -0.151. The highest BCUT2D eigenvalue weighted by Crippen LogP contribution is 2.33. The summed E-state index contributed by atoms with van der Waals surface area (Å²) in [5.74, 6) is -2.48. The average Bonchev–Trinajstić information content (AvgIpc) is 2.69. The predicted octanol–water partition coefficient (Wildman–Crippen LogP) is 4.97. The number of carbonyl (C=O) groups excluding carboxylic acids is 1. The van der Waals surface area contributed by atoms with Gasteiger partial charge < -0.3 is 10.0 Å². The molecule has 0 spiro atoms. The van der Waals surface area contributed by atoms with Crippen LogP contribution in [-0.4, -0.2) is 26.9 Å². The fraction of sp³-hybridized carbons (Fsp3) is 0.318. The summed E-state index contributed by atoms with van der Waals surface area (Å²) in [5.41, 5.74) is 2.61. The zero-order valence-electron chi connectivity index (χ0n) is 16.0. The first-order chi connectivity index (χ1) is 13.8. The van der Waals surface area contributed by atoms with Crippen LogP contribution in [0.5, 0.6) is 0 Å². The van der Waals surface area contributed by atoms with Gasteiger partial charge in [0.15, 0.2) is 0 Å². The Bertz CT molecular complexity index is 931. The van der Waals surface area contributed by atoms with Gasteiger partial charge in [0.2, 0.25) is 5.91 Å². The van der Waals surface area contributed by atoms with Crippen molar-refractivity contribution in [1.29, 1.82) is 0 Å². The summed E-state index contributed by atoms with van der Waals surface area (Å²) in [5, 5.41) is 10.7. The lowest BCUT2D eigenvalue weighted by Gasteiger charge is -2.32. The largest absolute Gasteiger partial charge is 0.481 e. The lowest BCUT2D eigenvalue weighted by atomic mass is 9.79. The molecule has 0 saturated heterocycles. The summed E-state index contributed by atoms with van der Waals surface area (Å²) in [6.07, 6.45) is 6.12. The Hall–Kier alpha value is -2.37. The standard InChI is InChI=1S/C22H22Cl2N2O3/c1-14-4-7-18(19(9-14)22(28)29)21(27)26(12-15-3-2-8-25-11-15)13-16-5-6-17(23)10-20(16)24/h2-6,8,10-11,18-19H,7,9,12-13H2,1H3,(H,28,29)/t18-,19-/m0/s1. The van der Waals surface area contributed by atoms with E-state index < -0.39 is 17.8 Å². The molecular weight excluding hydrogens is 411 g/mol. The molecule has 1 aliphatic carbocycles. The maximum atomic E-state index is 13.5. The number of amides is 1. The second-order valence-electron chi connectivity index (χ2n) is 7.33. The SMILES string of the molecule is CC1=CC[C@H](C(=O)N(Cc2cccnc2)Cc2ccc(Cl)cc2Cl)[C@@H](C(=O)O)C1. The highest BCUT2D eigenvalue weighted by Gasteiger charge is 2.37. The van der Waals surface area contributed by atoms with E-state index in [4.69, 9.17) is 23.2 Å². The van der Waals surface area contributed by atoms with Gasteiger partial charge in [-0.1, -0.05) is 47.0 Å². The Balaban J connectivity index is 1.90. The van der Waals surface area contributed by atoms with E-state index in [1.54, 1.807) is 41.6 Å². The summed E-state index contributed by atoms with van der Waals surface area (Å²) in [4.78, 5) is 31.0. The Morgan fingerprint density at radius 1 is 1.21 bits per heavy atom. The van der Waals surface area contributed by atoms with E-state index in [1.807, 2.05) is 19.1 Å². The van der Waals surface area contributed by atoms with Gasteiger partial charge in [0, 0.05) is 35.5 Å². The zero-order chi connectivity index (χ0) is 21.0. The first-order valence-electron chi connectivity index (χ1n) is 9.35. The van der Waals surface area contributed by atoms with Crippen LogP contribution in [0.4, 0.5) is 0 Å². The molecule has 29 heavy (non-hydrogen) atoms. The molecule has 7 heteroatoms. The highest BCUT2D eigenvalue weighted by molar-refractivity contribution is 6.35. The molecule has 1 amide bonds. The van der Waals surface area contributed by atoms with E-state index in [9.17, 15) is 14.7 Å². The third kappa shape index (κ3) is 5.37. The average molecular weight is 433 g/mol. The van der Waals surface area contributed by atoms with Gasteiger partial charge >= 0.3 is 5.97 Å². The highest BCUT2D eigenvalue weighted by atomic mass is 35.5.